The van der Waals surface area contributed by atoms with Gasteiger partial charge in [-0.25, -0.2) is 19.1 Å². The van der Waals surface area contributed by atoms with Crippen LogP contribution in [0.4, 0.5) is 32.3 Å². The highest BCUT2D eigenvalue weighted by atomic mass is 19.1. The molecular formula is C22H24FN5O2. The number of carbonyl (C=O) groups excluding carboxylic acids is 1. The fourth-order valence-electron chi connectivity index (χ4n) is 2.88. The van der Waals surface area contributed by atoms with Crippen LogP contribution in [0.3, 0.4) is 0 Å². The van der Waals surface area contributed by atoms with Crippen LogP contribution in [-0.4, -0.2) is 35.8 Å². The molecule has 3 rings (SSSR count). The molecule has 2 amide bonds. The number of para-hydroxylation sites is 1. The molecule has 156 valence electrons. The van der Waals surface area contributed by atoms with Gasteiger partial charge in [-0.2, -0.15) is 4.98 Å². The van der Waals surface area contributed by atoms with Crippen molar-refractivity contribution in [3.05, 3.63) is 72.2 Å². The normalized spacial score (nSPS) is 11.6. The fourth-order valence-corrected chi connectivity index (χ4v) is 2.88. The van der Waals surface area contributed by atoms with Crippen LogP contribution in [0.2, 0.25) is 0 Å². The van der Waals surface area contributed by atoms with Gasteiger partial charge < -0.3 is 15.4 Å². The second-order valence-corrected chi connectivity index (χ2v) is 6.80. The molecule has 0 radical (unpaired) electrons. The first-order chi connectivity index (χ1) is 14.5. The first-order valence-electron chi connectivity index (χ1n) is 9.48. The maximum Gasteiger partial charge on any atom is 0.332 e. The Kier molecular flexibility index (Phi) is 6.92. The van der Waals surface area contributed by atoms with Crippen LogP contribution in [0.5, 0.6) is 0 Å². The Morgan fingerprint density at radius 3 is 2.60 bits per heavy atom. The lowest BCUT2D eigenvalue weighted by atomic mass is 10.2. The summed E-state index contributed by atoms with van der Waals surface area (Å²) in [6.07, 6.45) is 1.56. The highest BCUT2D eigenvalue weighted by Gasteiger charge is 2.21. The summed E-state index contributed by atoms with van der Waals surface area (Å²) in [7, 11) is 1.61. The molecular weight excluding hydrogens is 385 g/mol. The molecule has 1 atom stereocenters. The number of amides is 2. The van der Waals surface area contributed by atoms with Crippen molar-refractivity contribution >= 4 is 29.2 Å². The zero-order chi connectivity index (χ0) is 21.5. The van der Waals surface area contributed by atoms with Gasteiger partial charge in [0, 0.05) is 31.1 Å². The molecule has 0 unspecified atom stereocenters. The fraction of sp³-hybridized carbons (Fsp3) is 0.227. The molecule has 0 saturated heterocycles. The van der Waals surface area contributed by atoms with Crippen molar-refractivity contribution in [2.45, 2.75) is 19.9 Å². The van der Waals surface area contributed by atoms with Crippen molar-refractivity contribution in [2.24, 2.45) is 0 Å². The Bertz CT molecular complexity index is 997. The second kappa shape index (κ2) is 9.80. The summed E-state index contributed by atoms with van der Waals surface area (Å²) < 4.78 is 18.6. The minimum atomic E-state index is -0.425. The molecule has 7 nitrogen and oxygen atoms in total. The largest absolute Gasteiger partial charge is 0.383 e. The van der Waals surface area contributed by atoms with E-state index in [1.807, 2.05) is 38.1 Å². The van der Waals surface area contributed by atoms with Crippen molar-refractivity contribution in [1.82, 2.24) is 9.97 Å². The zero-order valence-corrected chi connectivity index (χ0v) is 17.1. The number of ether oxygens (including phenoxy) is 1. The highest BCUT2D eigenvalue weighted by Crippen LogP contribution is 2.26. The van der Waals surface area contributed by atoms with E-state index in [9.17, 15) is 9.18 Å². The third-order valence-corrected chi connectivity index (χ3v) is 4.34. The van der Waals surface area contributed by atoms with Crippen molar-refractivity contribution in [1.29, 1.82) is 0 Å². The summed E-state index contributed by atoms with van der Waals surface area (Å²) in [5, 5.41) is 6.03. The lowest BCUT2D eigenvalue weighted by Crippen LogP contribution is -2.32. The van der Waals surface area contributed by atoms with E-state index < -0.39 is 11.8 Å². The van der Waals surface area contributed by atoms with E-state index >= 15 is 0 Å². The number of nitrogens with zero attached hydrogens (tertiary/aromatic N) is 3. The lowest BCUT2D eigenvalue weighted by Gasteiger charge is -2.23. The summed E-state index contributed by atoms with van der Waals surface area (Å²) in [6, 6.07) is 14.3. The van der Waals surface area contributed by atoms with Crippen LogP contribution in [-0.2, 0) is 4.74 Å². The molecule has 1 heterocycles. The smallest absolute Gasteiger partial charge is 0.332 e. The monoisotopic (exact) mass is 409 g/mol. The third-order valence-electron chi connectivity index (χ3n) is 4.34. The summed E-state index contributed by atoms with van der Waals surface area (Å²) >= 11 is 0. The molecule has 2 N–H and O–H groups in total. The maximum absolute atomic E-state index is 13.5. The molecule has 0 fully saturated rings. The Balaban J connectivity index is 1.95. The molecule has 0 aliphatic carbocycles. The van der Waals surface area contributed by atoms with Crippen molar-refractivity contribution < 1.29 is 13.9 Å². The van der Waals surface area contributed by atoms with Gasteiger partial charge in [0.1, 0.15) is 11.6 Å². The second-order valence-electron chi connectivity index (χ2n) is 6.80. The molecule has 30 heavy (non-hydrogen) atoms. The number of hydrogen-bond donors (Lipinski definition) is 2. The van der Waals surface area contributed by atoms with E-state index in [2.05, 4.69) is 20.6 Å². The zero-order valence-electron chi connectivity index (χ0n) is 17.1. The van der Waals surface area contributed by atoms with Crippen LogP contribution in [0.1, 0.15) is 12.5 Å². The van der Waals surface area contributed by atoms with Gasteiger partial charge in [0.05, 0.1) is 12.3 Å². The number of aromatic nitrogens is 2. The quantitative estimate of drug-likeness (QED) is 0.589. The van der Waals surface area contributed by atoms with E-state index in [-0.39, 0.29) is 6.04 Å². The number of nitrogens with one attached hydrogen (secondary N) is 2. The van der Waals surface area contributed by atoms with Gasteiger partial charge in [-0.3, -0.25) is 0 Å². The van der Waals surface area contributed by atoms with Gasteiger partial charge >= 0.3 is 6.03 Å². The van der Waals surface area contributed by atoms with Gasteiger partial charge in [-0.05, 0) is 49.7 Å². The third kappa shape index (κ3) is 5.30. The molecule has 0 aliphatic heterocycles. The van der Waals surface area contributed by atoms with Crippen molar-refractivity contribution in [3.63, 3.8) is 0 Å². The molecule has 1 aromatic heterocycles. The van der Waals surface area contributed by atoms with Crippen molar-refractivity contribution in [2.75, 3.05) is 29.3 Å². The number of rotatable bonds is 7. The van der Waals surface area contributed by atoms with Crippen LogP contribution in [0.15, 0.2) is 60.8 Å². The summed E-state index contributed by atoms with van der Waals surface area (Å²) in [5.74, 6) is 0.305. The van der Waals surface area contributed by atoms with Gasteiger partial charge in [-0.1, -0.05) is 18.2 Å². The first kappa shape index (κ1) is 21.2. The number of benzene rings is 2. The number of anilines is 4. The minimum Gasteiger partial charge on any atom is -0.383 e. The Hall–Kier alpha value is -3.52. The molecule has 8 heteroatoms. The lowest BCUT2D eigenvalue weighted by molar-refractivity contribution is 0.190. The Morgan fingerprint density at radius 2 is 1.90 bits per heavy atom. The van der Waals surface area contributed by atoms with Crippen molar-refractivity contribution in [3.8, 4) is 0 Å². The average molecular weight is 409 g/mol. The van der Waals surface area contributed by atoms with E-state index in [0.717, 1.165) is 5.56 Å². The Labute approximate surface area is 174 Å². The predicted octanol–water partition coefficient (Wildman–Crippen LogP) is 4.74. The molecule has 0 bridgehead atoms. The summed E-state index contributed by atoms with van der Waals surface area (Å²) in [5.41, 5.74) is 2.07. The molecule has 2 aromatic carbocycles. The number of aryl methyl sites for hydroxylation is 1. The van der Waals surface area contributed by atoms with Gasteiger partial charge in [-0.15, -0.1) is 0 Å². The van der Waals surface area contributed by atoms with E-state index in [0.29, 0.717) is 29.7 Å². The number of methoxy groups -OCH3 is 1. The van der Waals surface area contributed by atoms with E-state index in [1.165, 1.54) is 29.2 Å². The summed E-state index contributed by atoms with van der Waals surface area (Å²) in [6.45, 7) is 4.31. The predicted molar refractivity (Wildman–Crippen MR) is 116 cm³/mol. The van der Waals surface area contributed by atoms with Gasteiger partial charge in [0.2, 0.25) is 5.95 Å². The Morgan fingerprint density at radius 1 is 1.17 bits per heavy atom. The summed E-state index contributed by atoms with van der Waals surface area (Å²) in [4.78, 5) is 23.3. The minimum absolute atomic E-state index is 0.0229. The molecule has 0 spiro atoms. The molecule has 0 aliphatic rings. The molecule has 3 aromatic rings. The first-order valence-corrected chi connectivity index (χ1v) is 9.48. The van der Waals surface area contributed by atoms with Crippen LogP contribution in [0, 0.1) is 12.7 Å². The number of halogens is 1. The van der Waals surface area contributed by atoms with E-state index in [1.54, 1.807) is 19.4 Å². The van der Waals surface area contributed by atoms with Crippen LogP contribution in [0.25, 0.3) is 0 Å². The van der Waals surface area contributed by atoms with E-state index in [4.69, 9.17) is 4.74 Å². The van der Waals surface area contributed by atoms with Gasteiger partial charge in [0.15, 0.2) is 0 Å². The SMILES string of the molecule is COC[C@H](C)Nc1nccc(N(C(=O)Nc2ccccc2C)c2ccc(F)cc2)n1. The number of urea groups is 1. The van der Waals surface area contributed by atoms with Crippen LogP contribution < -0.4 is 15.5 Å². The maximum atomic E-state index is 13.5. The van der Waals surface area contributed by atoms with Crippen LogP contribution >= 0.6 is 0 Å². The molecule has 0 saturated carbocycles. The average Bonchev–Trinajstić information content (AvgIpc) is 2.72. The topological polar surface area (TPSA) is 79.4 Å². The van der Waals surface area contributed by atoms with Gasteiger partial charge in [0.25, 0.3) is 0 Å². The standard InChI is InChI=1S/C22H24FN5O2/c1-15-6-4-5-7-19(15)26-22(29)28(18-10-8-17(23)9-11-18)20-12-13-24-21(27-20)25-16(2)14-30-3/h4-13,16H,14H2,1-3H3,(H,26,29)(H,24,25,27)/t16-/m0/s1. The highest BCUT2D eigenvalue weighted by molar-refractivity contribution is 6.06. The number of hydrogen-bond acceptors (Lipinski definition) is 5. The number of carbonyl (C=O) groups is 1.